The first-order chi connectivity index (χ1) is 11.3. The van der Waals surface area contributed by atoms with Gasteiger partial charge in [0.2, 0.25) is 0 Å². The molecule has 1 aromatic rings. The Labute approximate surface area is 164 Å². The number of hydrogen-bond acceptors (Lipinski definition) is 2. The molecule has 0 spiro atoms. The third-order valence-electron chi connectivity index (χ3n) is 5.40. The number of ether oxygens (including phenoxy) is 1. The minimum Gasteiger partial charge on any atom is -0.377 e. The molecule has 1 heterocycles. The van der Waals surface area contributed by atoms with Crippen LogP contribution >= 0.6 is 24.0 Å². The molecule has 7 heteroatoms. The van der Waals surface area contributed by atoms with E-state index in [1.54, 1.807) is 7.05 Å². The van der Waals surface area contributed by atoms with Crippen LogP contribution in [0.2, 0.25) is 0 Å². The standard InChI is InChI=1S/C18H25F2N3O.HI/c1-10(12-6-5-11(19)9-14(12)20)22-17(21-4)23-15-13-7-8-24-16(13)18(15,2)3;/h5-6,9-10,13,15-16H,7-8H2,1-4H3,(H2,21,22,23);1H. The van der Waals surface area contributed by atoms with E-state index in [1.807, 2.05) is 6.92 Å². The van der Waals surface area contributed by atoms with Gasteiger partial charge in [-0.3, -0.25) is 4.99 Å². The predicted molar refractivity (Wildman–Crippen MR) is 105 cm³/mol. The van der Waals surface area contributed by atoms with Crippen molar-refractivity contribution in [3.63, 3.8) is 0 Å². The summed E-state index contributed by atoms with van der Waals surface area (Å²) in [6.45, 7) is 7.01. The lowest BCUT2D eigenvalue weighted by atomic mass is 9.57. The Morgan fingerprint density at radius 3 is 2.72 bits per heavy atom. The van der Waals surface area contributed by atoms with Crippen LogP contribution in [0, 0.1) is 23.0 Å². The zero-order chi connectivity index (χ0) is 17.5. The van der Waals surface area contributed by atoms with Crippen LogP contribution in [0.25, 0.3) is 0 Å². The Morgan fingerprint density at radius 2 is 2.08 bits per heavy atom. The van der Waals surface area contributed by atoms with Crippen molar-refractivity contribution in [2.75, 3.05) is 13.7 Å². The maximum absolute atomic E-state index is 13.9. The van der Waals surface area contributed by atoms with E-state index in [2.05, 4.69) is 29.5 Å². The third kappa shape index (κ3) is 3.77. The number of rotatable bonds is 3. The average Bonchev–Trinajstić information content (AvgIpc) is 2.98. The van der Waals surface area contributed by atoms with Gasteiger partial charge in [0, 0.05) is 42.7 Å². The largest absolute Gasteiger partial charge is 0.377 e. The zero-order valence-corrected chi connectivity index (χ0v) is 17.3. The number of benzene rings is 1. The van der Waals surface area contributed by atoms with Crippen molar-refractivity contribution in [3.8, 4) is 0 Å². The van der Waals surface area contributed by atoms with Crippen molar-refractivity contribution in [3.05, 3.63) is 35.4 Å². The van der Waals surface area contributed by atoms with Crippen molar-refractivity contribution in [2.45, 2.75) is 45.4 Å². The molecule has 140 valence electrons. The van der Waals surface area contributed by atoms with Gasteiger partial charge >= 0.3 is 0 Å². The Balaban J connectivity index is 0.00000225. The fraction of sp³-hybridized carbons (Fsp3) is 0.611. The van der Waals surface area contributed by atoms with E-state index in [0.29, 0.717) is 23.5 Å². The van der Waals surface area contributed by atoms with Gasteiger partial charge in [-0.25, -0.2) is 8.78 Å². The Bertz CT molecular complexity index is 653. The number of nitrogens with one attached hydrogen (secondary N) is 2. The van der Waals surface area contributed by atoms with E-state index in [-0.39, 0.29) is 41.5 Å². The van der Waals surface area contributed by atoms with Crippen LogP contribution in [-0.4, -0.2) is 31.8 Å². The number of guanidine groups is 1. The summed E-state index contributed by atoms with van der Waals surface area (Å²) < 4.78 is 32.8. The molecule has 1 aromatic carbocycles. The lowest BCUT2D eigenvalue weighted by molar-refractivity contribution is -0.106. The van der Waals surface area contributed by atoms with Crippen molar-refractivity contribution in [1.29, 1.82) is 0 Å². The molecule has 4 nitrogen and oxygen atoms in total. The highest BCUT2D eigenvalue weighted by Gasteiger charge is 2.59. The first-order valence-electron chi connectivity index (χ1n) is 8.41. The van der Waals surface area contributed by atoms with Gasteiger partial charge in [-0.05, 0) is 19.4 Å². The van der Waals surface area contributed by atoms with Gasteiger partial charge in [-0.2, -0.15) is 0 Å². The van der Waals surface area contributed by atoms with Crippen molar-refractivity contribution >= 4 is 29.9 Å². The molecule has 4 unspecified atom stereocenters. The molecular formula is C18H26F2IN3O. The van der Waals surface area contributed by atoms with Crippen molar-refractivity contribution < 1.29 is 13.5 Å². The van der Waals surface area contributed by atoms with E-state index in [4.69, 9.17) is 4.74 Å². The second-order valence-corrected chi connectivity index (χ2v) is 7.29. The van der Waals surface area contributed by atoms with Crippen molar-refractivity contribution in [1.82, 2.24) is 10.6 Å². The summed E-state index contributed by atoms with van der Waals surface area (Å²) in [5.74, 6) is -0.0285. The summed E-state index contributed by atoms with van der Waals surface area (Å²) in [6.07, 6.45) is 1.34. The molecule has 2 fully saturated rings. The highest BCUT2D eigenvalue weighted by atomic mass is 127. The lowest BCUT2D eigenvalue weighted by Crippen LogP contribution is -2.68. The maximum Gasteiger partial charge on any atom is 0.191 e. The van der Waals surface area contributed by atoms with E-state index >= 15 is 0 Å². The van der Waals surface area contributed by atoms with Gasteiger partial charge in [0.25, 0.3) is 0 Å². The summed E-state index contributed by atoms with van der Waals surface area (Å²) in [6, 6.07) is 3.57. The molecule has 1 aliphatic carbocycles. The van der Waals surface area contributed by atoms with Crippen LogP contribution in [0.5, 0.6) is 0 Å². The SMILES string of the molecule is CN=C(NC(C)c1ccc(F)cc1F)NC1C2CCOC2C1(C)C.I. The second kappa shape index (κ2) is 7.73. The van der Waals surface area contributed by atoms with Crippen LogP contribution in [-0.2, 0) is 4.74 Å². The summed E-state index contributed by atoms with van der Waals surface area (Å²) in [5.41, 5.74) is 0.442. The van der Waals surface area contributed by atoms with Gasteiger partial charge in [-0.1, -0.05) is 19.9 Å². The molecule has 1 aliphatic heterocycles. The van der Waals surface area contributed by atoms with Crippen LogP contribution < -0.4 is 10.6 Å². The molecule has 1 saturated heterocycles. The van der Waals surface area contributed by atoms with Crippen LogP contribution in [0.4, 0.5) is 8.78 Å². The topological polar surface area (TPSA) is 45.7 Å². The number of aliphatic imine (C=N–C) groups is 1. The highest BCUT2D eigenvalue weighted by molar-refractivity contribution is 14.0. The first kappa shape index (κ1) is 20.4. The second-order valence-electron chi connectivity index (χ2n) is 7.29. The summed E-state index contributed by atoms with van der Waals surface area (Å²) in [5, 5.41) is 6.65. The average molecular weight is 465 g/mol. The summed E-state index contributed by atoms with van der Waals surface area (Å²) >= 11 is 0. The molecule has 2 N–H and O–H groups in total. The van der Waals surface area contributed by atoms with Gasteiger partial charge in [0.15, 0.2) is 5.96 Å². The predicted octanol–water partition coefficient (Wildman–Crippen LogP) is 3.62. The molecule has 2 aliphatic rings. The third-order valence-corrected chi connectivity index (χ3v) is 5.40. The van der Waals surface area contributed by atoms with Crippen LogP contribution in [0.1, 0.15) is 38.8 Å². The number of hydrogen-bond donors (Lipinski definition) is 2. The minimum absolute atomic E-state index is 0. The summed E-state index contributed by atoms with van der Waals surface area (Å²) in [7, 11) is 1.69. The van der Waals surface area contributed by atoms with Crippen molar-refractivity contribution in [2.24, 2.45) is 16.3 Å². The van der Waals surface area contributed by atoms with E-state index in [1.165, 1.54) is 12.1 Å². The normalized spacial score (nSPS) is 28.4. The number of halogens is 3. The van der Waals surface area contributed by atoms with Gasteiger partial charge in [-0.15, -0.1) is 24.0 Å². The quantitative estimate of drug-likeness (QED) is 0.408. The van der Waals surface area contributed by atoms with E-state index < -0.39 is 11.6 Å². The minimum atomic E-state index is -0.575. The fourth-order valence-corrected chi connectivity index (χ4v) is 4.07. The zero-order valence-electron chi connectivity index (χ0n) is 15.0. The molecule has 4 atom stereocenters. The molecule has 0 amide bonds. The van der Waals surface area contributed by atoms with E-state index in [0.717, 1.165) is 19.1 Å². The fourth-order valence-electron chi connectivity index (χ4n) is 4.07. The molecular weight excluding hydrogens is 439 g/mol. The van der Waals surface area contributed by atoms with Gasteiger partial charge in [0.1, 0.15) is 11.6 Å². The smallest absolute Gasteiger partial charge is 0.191 e. The molecule has 1 saturated carbocycles. The molecule has 0 bridgehead atoms. The molecule has 0 aromatic heterocycles. The lowest BCUT2D eigenvalue weighted by Gasteiger charge is -2.55. The molecule has 0 radical (unpaired) electrons. The maximum atomic E-state index is 13.9. The van der Waals surface area contributed by atoms with Gasteiger partial charge in [0.05, 0.1) is 12.1 Å². The van der Waals surface area contributed by atoms with E-state index in [9.17, 15) is 8.78 Å². The van der Waals surface area contributed by atoms with Crippen LogP contribution in [0.3, 0.4) is 0 Å². The highest BCUT2D eigenvalue weighted by Crippen LogP contribution is 2.52. The summed E-state index contributed by atoms with van der Waals surface area (Å²) in [4.78, 5) is 4.26. The Hall–Kier alpha value is -0.960. The number of nitrogens with zero attached hydrogens (tertiary/aromatic N) is 1. The Morgan fingerprint density at radius 1 is 1.36 bits per heavy atom. The Kier molecular flexibility index (Phi) is 6.30. The molecule has 3 rings (SSSR count). The van der Waals surface area contributed by atoms with Crippen LogP contribution in [0.15, 0.2) is 23.2 Å². The molecule has 25 heavy (non-hydrogen) atoms. The van der Waals surface area contributed by atoms with Gasteiger partial charge < -0.3 is 15.4 Å². The number of fused-ring (bicyclic) bond motifs is 1. The monoisotopic (exact) mass is 465 g/mol. The first-order valence-corrected chi connectivity index (χ1v) is 8.41.